The second-order valence-electron chi connectivity index (χ2n) is 8.15. The van der Waals surface area contributed by atoms with Gasteiger partial charge in [0.2, 0.25) is 0 Å². The molecule has 0 heterocycles. The van der Waals surface area contributed by atoms with Crippen LogP contribution in [0.1, 0.15) is 41.5 Å². The summed E-state index contributed by atoms with van der Waals surface area (Å²) in [5.74, 6) is -0.650. The Bertz CT molecular complexity index is 989. The average Bonchev–Trinajstić information content (AvgIpc) is 2.85. The van der Waals surface area contributed by atoms with Crippen molar-refractivity contribution >= 4 is 11.9 Å². The minimum absolute atomic E-state index is 0.325. The molecule has 0 aromatic rings. The van der Waals surface area contributed by atoms with Crippen molar-refractivity contribution in [3.63, 3.8) is 0 Å². The van der Waals surface area contributed by atoms with Crippen LogP contribution in [0.5, 0.6) is 0 Å². The number of hydrogen-bond acceptors (Lipinski definition) is 4. The lowest BCUT2D eigenvalue weighted by Gasteiger charge is -1.95. The highest BCUT2D eigenvalue weighted by Crippen LogP contribution is 2.04. The molecule has 0 saturated carbocycles. The molecule has 0 radical (unpaired) electrons. The summed E-state index contributed by atoms with van der Waals surface area (Å²) in [5.41, 5.74) is 5.52. The summed E-state index contributed by atoms with van der Waals surface area (Å²) in [4.78, 5) is 22.7. The molecule has 192 valence electrons. The first-order valence-electron chi connectivity index (χ1n) is 11.7. The van der Waals surface area contributed by atoms with E-state index in [1.54, 1.807) is 26.0 Å². The van der Waals surface area contributed by atoms with Crippen LogP contribution in [-0.4, -0.2) is 26.2 Å². The number of hydrogen-bond donors (Lipinski definition) is 0. The van der Waals surface area contributed by atoms with Gasteiger partial charge in [-0.1, -0.05) is 120 Å². The fourth-order valence-electron chi connectivity index (χ4n) is 2.49. The molecule has 4 nitrogen and oxygen atoms in total. The summed E-state index contributed by atoms with van der Waals surface area (Å²) in [6.07, 6.45) is 31.2. The molecule has 0 aromatic heterocycles. The fraction of sp³-hybridized carbons (Fsp3) is 0.250. The molecule has 0 bridgehead atoms. The Hall–Kier alpha value is -3.92. The maximum atomic E-state index is 11.3. The van der Waals surface area contributed by atoms with Gasteiger partial charge in [0.1, 0.15) is 0 Å². The molecule has 0 aliphatic carbocycles. The monoisotopic (exact) mass is 488 g/mol. The largest absolute Gasteiger partial charge is 0.466 e. The predicted molar refractivity (Wildman–Crippen MR) is 152 cm³/mol. The highest BCUT2D eigenvalue weighted by atomic mass is 16.5. The summed E-state index contributed by atoms with van der Waals surface area (Å²) < 4.78 is 9.33. The van der Waals surface area contributed by atoms with Crippen LogP contribution >= 0.6 is 0 Å². The molecule has 0 spiro atoms. The quantitative estimate of drug-likeness (QED) is 0.160. The van der Waals surface area contributed by atoms with E-state index in [0.29, 0.717) is 11.1 Å². The van der Waals surface area contributed by atoms with Crippen molar-refractivity contribution < 1.29 is 19.1 Å². The Morgan fingerprint density at radius 1 is 0.417 bits per heavy atom. The maximum Gasteiger partial charge on any atom is 0.333 e. The van der Waals surface area contributed by atoms with E-state index in [1.165, 1.54) is 14.2 Å². The number of esters is 2. The third kappa shape index (κ3) is 16.7. The third-order valence-corrected chi connectivity index (χ3v) is 4.69. The molecule has 4 heteroatoms. The van der Waals surface area contributed by atoms with Crippen molar-refractivity contribution in [1.82, 2.24) is 0 Å². The molecule has 0 aliphatic rings. The SMILES string of the molecule is COC(=O)C(C)=CC=CC(C)=CC=CC(C)=CC=CC=C(C)C=CC=C(C)C=CC=C(C)C(=O)OC. The first-order chi connectivity index (χ1) is 17.1. The van der Waals surface area contributed by atoms with Crippen LogP contribution in [0.4, 0.5) is 0 Å². The van der Waals surface area contributed by atoms with E-state index in [0.717, 1.165) is 22.3 Å². The molecule has 0 saturated heterocycles. The van der Waals surface area contributed by atoms with Crippen molar-refractivity contribution in [2.45, 2.75) is 41.5 Å². The molecule has 0 aliphatic heterocycles. The highest BCUT2D eigenvalue weighted by Gasteiger charge is 2.00. The van der Waals surface area contributed by atoms with Gasteiger partial charge in [-0.05, 0) is 41.5 Å². The minimum atomic E-state index is -0.325. The van der Waals surface area contributed by atoms with Crippen LogP contribution in [0.3, 0.4) is 0 Å². The van der Waals surface area contributed by atoms with Gasteiger partial charge in [-0.25, -0.2) is 9.59 Å². The van der Waals surface area contributed by atoms with E-state index < -0.39 is 0 Å². The predicted octanol–water partition coefficient (Wildman–Crippen LogP) is 7.79. The van der Waals surface area contributed by atoms with Crippen LogP contribution in [-0.2, 0) is 19.1 Å². The number of carbonyl (C=O) groups is 2. The molecule has 0 N–H and O–H groups in total. The normalized spacial score (nSPS) is 15.3. The lowest BCUT2D eigenvalue weighted by atomic mass is 10.2. The molecule has 0 amide bonds. The lowest BCUT2D eigenvalue weighted by molar-refractivity contribution is -0.136. The molecular weight excluding hydrogens is 448 g/mol. The van der Waals surface area contributed by atoms with Gasteiger partial charge in [-0.3, -0.25) is 0 Å². The highest BCUT2D eigenvalue weighted by molar-refractivity contribution is 5.88. The zero-order valence-electron chi connectivity index (χ0n) is 22.9. The van der Waals surface area contributed by atoms with Gasteiger partial charge >= 0.3 is 11.9 Å². The van der Waals surface area contributed by atoms with Gasteiger partial charge in [-0.2, -0.15) is 0 Å². The van der Waals surface area contributed by atoms with Crippen molar-refractivity contribution in [2.75, 3.05) is 14.2 Å². The van der Waals surface area contributed by atoms with Crippen LogP contribution in [0, 0.1) is 0 Å². The van der Waals surface area contributed by atoms with E-state index in [4.69, 9.17) is 0 Å². The molecule has 0 atom stereocenters. The molecule has 0 fully saturated rings. The van der Waals surface area contributed by atoms with E-state index in [-0.39, 0.29) is 11.9 Å². The van der Waals surface area contributed by atoms with Crippen molar-refractivity contribution in [2.24, 2.45) is 0 Å². The first kappa shape index (κ1) is 32.1. The van der Waals surface area contributed by atoms with Crippen molar-refractivity contribution in [3.05, 3.63) is 131 Å². The number of carbonyl (C=O) groups excluding carboxylic acids is 2. The van der Waals surface area contributed by atoms with Crippen LogP contribution in [0.15, 0.2) is 131 Å². The van der Waals surface area contributed by atoms with E-state index in [9.17, 15) is 9.59 Å². The Kier molecular flexibility index (Phi) is 17.3. The number of ether oxygens (including phenoxy) is 2. The van der Waals surface area contributed by atoms with E-state index in [1.807, 2.05) is 113 Å². The Labute approximate surface area is 217 Å². The molecule has 36 heavy (non-hydrogen) atoms. The second-order valence-corrected chi connectivity index (χ2v) is 8.15. The van der Waals surface area contributed by atoms with Crippen molar-refractivity contribution in [1.29, 1.82) is 0 Å². The number of allylic oxidation sites excluding steroid dienone is 20. The van der Waals surface area contributed by atoms with Gasteiger partial charge in [0, 0.05) is 11.1 Å². The Morgan fingerprint density at radius 2 is 0.667 bits per heavy atom. The average molecular weight is 489 g/mol. The summed E-state index contributed by atoms with van der Waals surface area (Å²) in [6, 6.07) is 0. The maximum absolute atomic E-state index is 11.3. The standard InChI is InChI=1S/C32H40O4/c1-25(17-11-19-27(3)21-13-23-29(5)31(33)35-7)15-9-10-16-26(2)18-12-20-28(4)22-14-24-30(6)32(34)36-8/h9-24H,1-8H3. The lowest BCUT2D eigenvalue weighted by Crippen LogP contribution is -2.00. The summed E-state index contributed by atoms with van der Waals surface area (Å²) in [7, 11) is 2.74. The molecule has 0 rings (SSSR count). The van der Waals surface area contributed by atoms with E-state index in [2.05, 4.69) is 9.47 Å². The zero-order chi connectivity index (χ0) is 27.3. The molecular formula is C32H40O4. The topological polar surface area (TPSA) is 52.6 Å². The van der Waals surface area contributed by atoms with E-state index >= 15 is 0 Å². The van der Waals surface area contributed by atoms with Gasteiger partial charge in [-0.15, -0.1) is 0 Å². The Balaban J connectivity index is 4.80. The van der Waals surface area contributed by atoms with Crippen LogP contribution in [0.25, 0.3) is 0 Å². The molecule has 0 aromatic carbocycles. The zero-order valence-corrected chi connectivity index (χ0v) is 22.9. The van der Waals surface area contributed by atoms with Crippen LogP contribution in [0.2, 0.25) is 0 Å². The minimum Gasteiger partial charge on any atom is -0.466 e. The van der Waals surface area contributed by atoms with Crippen LogP contribution < -0.4 is 0 Å². The summed E-state index contributed by atoms with van der Waals surface area (Å²) >= 11 is 0. The number of methoxy groups -OCH3 is 2. The van der Waals surface area contributed by atoms with Crippen molar-refractivity contribution in [3.8, 4) is 0 Å². The summed E-state index contributed by atoms with van der Waals surface area (Å²) in [5, 5.41) is 0. The smallest absolute Gasteiger partial charge is 0.333 e. The second kappa shape index (κ2) is 19.4. The summed E-state index contributed by atoms with van der Waals surface area (Å²) in [6.45, 7) is 11.5. The first-order valence-corrected chi connectivity index (χ1v) is 11.7. The Morgan fingerprint density at radius 3 is 0.944 bits per heavy atom. The van der Waals surface area contributed by atoms with Gasteiger partial charge in [0.15, 0.2) is 0 Å². The third-order valence-electron chi connectivity index (χ3n) is 4.69. The van der Waals surface area contributed by atoms with Gasteiger partial charge in [0.25, 0.3) is 0 Å². The van der Waals surface area contributed by atoms with Gasteiger partial charge < -0.3 is 9.47 Å². The number of rotatable bonds is 12. The molecule has 0 unspecified atom stereocenters. The van der Waals surface area contributed by atoms with Gasteiger partial charge in [0.05, 0.1) is 14.2 Å². The fourth-order valence-corrected chi connectivity index (χ4v) is 2.49.